The summed E-state index contributed by atoms with van der Waals surface area (Å²) in [6.45, 7) is 4.22. The molecule has 0 aliphatic heterocycles. The van der Waals surface area contributed by atoms with E-state index in [2.05, 4.69) is 24.5 Å². The Bertz CT molecular complexity index is 1500. The van der Waals surface area contributed by atoms with E-state index in [1.807, 2.05) is 30.3 Å². The van der Waals surface area contributed by atoms with Crippen LogP contribution in [0, 0.1) is 5.82 Å². The molecule has 0 saturated heterocycles. The van der Waals surface area contributed by atoms with E-state index < -0.39 is 11.8 Å². The van der Waals surface area contributed by atoms with Crippen LogP contribution in [0.4, 0.5) is 10.1 Å². The van der Waals surface area contributed by atoms with Gasteiger partial charge in [0, 0.05) is 21.7 Å². The molecule has 0 unspecified atom stereocenters. The van der Waals surface area contributed by atoms with Gasteiger partial charge >= 0.3 is 0 Å². The molecule has 202 valence electrons. The largest absolute Gasteiger partial charge is 0.321 e. The van der Waals surface area contributed by atoms with Gasteiger partial charge < -0.3 is 10.6 Å². The highest BCUT2D eigenvalue weighted by atomic mass is 32.2. The molecular formula is C33H29FN2O3S. The molecule has 0 spiro atoms. The number of ketones is 1. The topological polar surface area (TPSA) is 75.3 Å². The van der Waals surface area contributed by atoms with Crippen molar-refractivity contribution in [2.75, 3.05) is 11.1 Å². The van der Waals surface area contributed by atoms with Gasteiger partial charge in [-0.3, -0.25) is 14.4 Å². The number of carbonyl (C=O) groups excluding carboxylic acids is 3. The number of hydrogen-bond acceptors (Lipinski definition) is 4. The number of rotatable bonds is 10. The molecule has 0 fully saturated rings. The van der Waals surface area contributed by atoms with Gasteiger partial charge in [0.1, 0.15) is 11.5 Å². The molecule has 0 aliphatic rings. The van der Waals surface area contributed by atoms with Crippen molar-refractivity contribution in [2.24, 2.45) is 0 Å². The first-order valence-electron chi connectivity index (χ1n) is 12.8. The minimum Gasteiger partial charge on any atom is -0.321 e. The Balaban J connectivity index is 1.45. The quantitative estimate of drug-likeness (QED) is 0.123. The van der Waals surface area contributed by atoms with Crippen LogP contribution in [-0.4, -0.2) is 23.4 Å². The van der Waals surface area contributed by atoms with Gasteiger partial charge in [-0.05, 0) is 83.8 Å². The minimum absolute atomic E-state index is 0.104. The van der Waals surface area contributed by atoms with Crippen LogP contribution in [-0.2, 0) is 4.79 Å². The molecule has 4 rings (SSSR count). The third-order valence-electron chi connectivity index (χ3n) is 6.09. The minimum atomic E-state index is -0.468. The molecule has 0 aliphatic carbocycles. The zero-order valence-electron chi connectivity index (χ0n) is 22.2. The molecule has 7 heteroatoms. The van der Waals surface area contributed by atoms with E-state index in [4.69, 9.17) is 0 Å². The third kappa shape index (κ3) is 8.01. The second kappa shape index (κ2) is 13.5. The smallest absolute Gasteiger partial charge is 0.272 e. The van der Waals surface area contributed by atoms with Crippen LogP contribution in [0.3, 0.4) is 0 Å². The molecule has 0 radical (unpaired) electrons. The molecule has 40 heavy (non-hydrogen) atoms. The van der Waals surface area contributed by atoms with Gasteiger partial charge in [0.15, 0.2) is 5.78 Å². The number of amides is 2. The molecule has 0 bridgehead atoms. The van der Waals surface area contributed by atoms with E-state index in [0.29, 0.717) is 22.7 Å². The van der Waals surface area contributed by atoms with Crippen molar-refractivity contribution in [3.05, 3.63) is 137 Å². The fraction of sp³-hybridized carbons (Fsp3) is 0.121. The van der Waals surface area contributed by atoms with Gasteiger partial charge in [0.2, 0.25) is 0 Å². The molecule has 0 aromatic heterocycles. The number of nitrogens with one attached hydrogen (secondary N) is 2. The second-order valence-electron chi connectivity index (χ2n) is 9.40. The summed E-state index contributed by atoms with van der Waals surface area (Å²) >= 11 is 1.35. The highest BCUT2D eigenvalue weighted by molar-refractivity contribution is 8.00. The van der Waals surface area contributed by atoms with Crippen molar-refractivity contribution in [2.45, 2.75) is 24.7 Å². The SMILES string of the molecule is CC(C)c1ccc(/C=C(\NC(=O)c2ccccc2)C(=O)Nc2ccc(SCC(=O)c3ccc(F)cc3)cc2)cc1. The van der Waals surface area contributed by atoms with Gasteiger partial charge in [-0.25, -0.2) is 4.39 Å². The molecule has 0 saturated carbocycles. The van der Waals surface area contributed by atoms with Crippen molar-refractivity contribution in [1.82, 2.24) is 5.32 Å². The first-order valence-corrected chi connectivity index (χ1v) is 13.8. The predicted octanol–water partition coefficient (Wildman–Crippen LogP) is 7.33. The third-order valence-corrected chi connectivity index (χ3v) is 7.10. The summed E-state index contributed by atoms with van der Waals surface area (Å²) in [5.74, 6) is -0.773. The highest BCUT2D eigenvalue weighted by Crippen LogP contribution is 2.22. The van der Waals surface area contributed by atoms with E-state index in [1.165, 1.54) is 41.6 Å². The van der Waals surface area contributed by atoms with E-state index in [1.54, 1.807) is 54.6 Å². The lowest BCUT2D eigenvalue weighted by molar-refractivity contribution is -0.113. The van der Waals surface area contributed by atoms with Crippen LogP contribution in [0.15, 0.2) is 114 Å². The summed E-state index contributed by atoms with van der Waals surface area (Å²) in [7, 11) is 0. The Morgan fingerprint density at radius 2 is 1.45 bits per heavy atom. The van der Waals surface area contributed by atoms with Crippen LogP contribution < -0.4 is 10.6 Å². The Hall–Kier alpha value is -4.49. The van der Waals surface area contributed by atoms with Gasteiger partial charge in [0.05, 0.1) is 5.75 Å². The molecule has 2 N–H and O–H groups in total. The second-order valence-corrected chi connectivity index (χ2v) is 10.4. The first kappa shape index (κ1) is 28.5. The normalized spacial score (nSPS) is 11.2. The summed E-state index contributed by atoms with van der Waals surface area (Å²) < 4.78 is 13.1. The van der Waals surface area contributed by atoms with Gasteiger partial charge in [0.25, 0.3) is 11.8 Å². The molecule has 0 atom stereocenters. The number of thioether (sulfide) groups is 1. The van der Waals surface area contributed by atoms with Crippen molar-refractivity contribution in [3.8, 4) is 0 Å². The molecule has 0 heterocycles. The van der Waals surface area contributed by atoms with Crippen LogP contribution in [0.5, 0.6) is 0 Å². The Labute approximate surface area is 237 Å². The fourth-order valence-corrected chi connectivity index (χ4v) is 4.58. The lowest BCUT2D eigenvalue weighted by atomic mass is 10.0. The number of halogens is 1. The Kier molecular flexibility index (Phi) is 9.65. The summed E-state index contributed by atoms with van der Waals surface area (Å²) in [4.78, 5) is 39.3. The molecule has 4 aromatic rings. The van der Waals surface area contributed by atoms with Crippen molar-refractivity contribution in [1.29, 1.82) is 0 Å². The van der Waals surface area contributed by atoms with E-state index in [9.17, 15) is 18.8 Å². The monoisotopic (exact) mass is 552 g/mol. The predicted molar refractivity (Wildman–Crippen MR) is 159 cm³/mol. The maximum Gasteiger partial charge on any atom is 0.272 e. The maximum absolute atomic E-state index is 13.3. The average molecular weight is 553 g/mol. The van der Waals surface area contributed by atoms with Crippen LogP contribution >= 0.6 is 11.8 Å². The van der Waals surface area contributed by atoms with Crippen LogP contribution in [0.2, 0.25) is 0 Å². The maximum atomic E-state index is 13.3. The Morgan fingerprint density at radius 3 is 2.08 bits per heavy atom. The summed E-state index contributed by atoms with van der Waals surface area (Å²) in [6, 6.07) is 29.1. The first-order chi connectivity index (χ1) is 19.3. The fourth-order valence-electron chi connectivity index (χ4n) is 3.79. The Morgan fingerprint density at radius 1 is 0.800 bits per heavy atom. The lowest BCUT2D eigenvalue weighted by Gasteiger charge is -2.12. The van der Waals surface area contributed by atoms with Gasteiger partial charge in [-0.2, -0.15) is 0 Å². The van der Waals surface area contributed by atoms with Crippen molar-refractivity contribution < 1.29 is 18.8 Å². The number of carbonyl (C=O) groups is 3. The summed E-state index contributed by atoms with van der Waals surface area (Å²) in [5.41, 5.74) is 3.49. The number of Topliss-reactive ketones (excluding diaryl/α,β-unsaturated/α-hetero) is 1. The van der Waals surface area contributed by atoms with Crippen LogP contribution in [0.1, 0.15) is 51.6 Å². The van der Waals surface area contributed by atoms with Crippen LogP contribution in [0.25, 0.3) is 6.08 Å². The molecular weight excluding hydrogens is 523 g/mol. The van der Waals surface area contributed by atoms with Crippen molar-refractivity contribution >= 4 is 41.1 Å². The van der Waals surface area contributed by atoms with Gasteiger partial charge in [-0.1, -0.05) is 56.3 Å². The molecule has 5 nitrogen and oxygen atoms in total. The zero-order valence-corrected chi connectivity index (χ0v) is 23.0. The van der Waals surface area contributed by atoms with Crippen molar-refractivity contribution in [3.63, 3.8) is 0 Å². The van der Waals surface area contributed by atoms with E-state index in [-0.39, 0.29) is 23.1 Å². The van der Waals surface area contributed by atoms with E-state index >= 15 is 0 Å². The van der Waals surface area contributed by atoms with E-state index in [0.717, 1.165) is 10.5 Å². The average Bonchev–Trinajstić information content (AvgIpc) is 2.97. The molecule has 2 amide bonds. The lowest BCUT2D eigenvalue weighted by Crippen LogP contribution is -2.30. The standard InChI is InChI=1S/C33H29FN2O3S/c1-22(2)24-10-8-23(9-11-24)20-30(36-32(38)26-6-4-3-5-7-26)33(39)35-28-16-18-29(19-17-28)40-21-31(37)25-12-14-27(34)15-13-25/h3-20,22H,21H2,1-2H3,(H,35,39)(H,36,38)/b30-20-. The highest BCUT2D eigenvalue weighted by Gasteiger charge is 2.15. The number of hydrogen-bond donors (Lipinski definition) is 2. The van der Waals surface area contributed by atoms with Gasteiger partial charge in [-0.15, -0.1) is 11.8 Å². The zero-order chi connectivity index (χ0) is 28.5. The number of benzene rings is 4. The summed E-state index contributed by atoms with van der Waals surface area (Å²) in [6.07, 6.45) is 1.64. The molecule has 4 aromatic carbocycles. The summed E-state index contributed by atoms with van der Waals surface area (Å²) in [5, 5.41) is 5.59. The number of anilines is 1.